The molecule has 5 nitrogen and oxygen atoms in total. The Morgan fingerprint density at radius 1 is 1.50 bits per heavy atom. The number of amides is 1. The fourth-order valence-corrected chi connectivity index (χ4v) is 4.01. The van der Waals surface area contributed by atoms with Gasteiger partial charge in [0.15, 0.2) is 0 Å². The molecule has 1 aromatic heterocycles. The Morgan fingerprint density at radius 2 is 2.33 bits per heavy atom. The average molecular weight is 325 g/mol. The number of aliphatic hydroxyl groups excluding tert-OH is 1. The highest BCUT2D eigenvalue weighted by Gasteiger charge is 2.35. The summed E-state index contributed by atoms with van der Waals surface area (Å²) in [7, 11) is 2.09. The number of carbonyl (C=O) groups is 1. The number of aliphatic hydroxyl groups is 1. The predicted octanol–water partition coefficient (Wildman–Crippen LogP) is 1.53. The first kappa shape index (κ1) is 15.4. The smallest absolute Gasteiger partial charge is 0.228 e. The van der Waals surface area contributed by atoms with Gasteiger partial charge < -0.3 is 15.4 Å². The van der Waals surface area contributed by atoms with E-state index in [0.29, 0.717) is 12.6 Å². The quantitative estimate of drug-likeness (QED) is 0.802. The summed E-state index contributed by atoms with van der Waals surface area (Å²) in [5, 5.41) is 13.3. The minimum atomic E-state index is -0.218. The zero-order valence-electron chi connectivity index (χ0n) is 14.0. The fraction of sp³-hybridized carbons (Fsp3) is 0.421. The summed E-state index contributed by atoms with van der Waals surface area (Å²) in [5.74, 6) is -0.201. The number of hydrogen-bond acceptors (Lipinski definition) is 3. The van der Waals surface area contributed by atoms with Crippen LogP contribution in [0.2, 0.25) is 0 Å². The normalized spacial score (nSPS) is 24.4. The maximum absolute atomic E-state index is 12.5. The average Bonchev–Trinajstić information content (AvgIpc) is 3.00. The lowest BCUT2D eigenvalue weighted by Gasteiger charge is -2.39. The van der Waals surface area contributed by atoms with Crippen molar-refractivity contribution in [1.29, 1.82) is 0 Å². The van der Waals surface area contributed by atoms with Gasteiger partial charge in [-0.25, -0.2) is 0 Å². The molecule has 1 aromatic carbocycles. The summed E-state index contributed by atoms with van der Waals surface area (Å²) in [4.78, 5) is 18.2. The Balaban J connectivity index is 1.75. The van der Waals surface area contributed by atoms with E-state index in [0.717, 1.165) is 11.9 Å². The van der Waals surface area contributed by atoms with Crippen molar-refractivity contribution in [3.8, 4) is 0 Å². The zero-order valence-corrected chi connectivity index (χ0v) is 14.0. The molecule has 0 fully saturated rings. The molecule has 2 aliphatic rings. The van der Waals surface area contributed by atoms with Crippen LogP contribution in [0.5, 0.6) is 0 Å². The third-order valence-corrected chi connectivity index (χ3v) is 5.27. The van der Waals surface area contributed by atoms with Crippen LogP contribution < -0.4 is 5.32 Å². The molecule has 0 radical (unpaired) electrons. The maximum Gasteiger partial charge on any atom is 0.228 e. The molecule has 2 aromatic rings. The molecule has 1 aliphatic heterocycles. The minimum absolute atomic E-state index is 0.0126. The third-order valence-electron chi connectivity index (χ3n) is 5.27. The minimum Gasteiger partial charge on any atom is -0.394 e. The van der Waals surface area contributed by atoms with Crippen LogP contribution in [0.3, 0.4) is 0 Å². The predicted molar refractivity (Wildman–Crippen MR) is 94.6 cm³/mol. The summed E-state index contributed by atoms with van der Waals surface area (Å²) in [6.07, 6.45) is 5.22. The largest absolute Gasteiger partial charge is 0.394 e. The van der Waals surface area contributed by atoms with Crippen molar-refractivity contribution in [3.63, 3.8) is 0 Å². The van der Waals surface area contributed by atoms with Gasteiger partial charge in [-0.05, 0) is 43.2 Å². The van der Waals surface area contributed by atoms with Gasteiger partial charge in [-0.15, -0.1) is 0 Å². The Morgan fingerprint density at radius 3 is 3.12 bits per heavy atom. The Bertz CT molecular complexity index is 823. The molecule has 24 heavy (non-hydrogen) atoms. The van der Waals surface area contributed by atoms with Crippen LogP contribution in [0.25, 0.3) is 16.5 Å². The number of fused-ring (bicyclic) bond motifs is 2. The number of aromatic amines is 1. The summed E-state index contributed by atoms with van der Waals surface area (Å²) < 4.78 is 0. The first-order valence-corrected chi connectivity index (χ1v) is 8.51. The van der Waals surface area contributed by atoms with Gasteiger partial charge in [-0.1, -0.05) is 18.2 Å². The molecule has 0 saturated carbocycles. The number of rotatable bonds is 3. The van der Waals surface area contributed by atoms with E-state index in [1.165, 1.54) is 22.1 Å². The van der Waals surface area contributed by atoms with E-state index in [4.69, 9.17) is 5.11 Å². The van der Waals surface area contributed by atoms with Gasteiger partial charge in [0.05, 0.1) is 12.5 Å². The second kappa shape index (κ2) is 5.76. The molecule has 0 saturated heterocycles. The van der Waals surface area contributed by atoms with Crippen LogP contribution in [0.4, 0.5) is 0 Å². The van der Waals surface area contributed by atoms with Crippen LogP contribution in [0, 0.1) is 5.92 Å². The van der Waals surface area contributed by atoms with Crippen LogP contribution in [0.1, 0.15) is 18.1 Å². The van der Waals surface area contributed by atoms with Crippen molar-refractivity contribution in [3.05, 3.63) is 41.6 Å². The second-order valence-corrected chi connectivity index (χ2v) is 7.02. The number of nitrogens with one attached hydrogen (secondary N) is 2. The van der Waals surface area contributed by atoms with Gasteiger partial charge in [0.1, 0.15) is 0 Å². The summed E-state index contributed by atoms with van der Waals surface area (Å²) in [6, 6.07) is 6.42. The standard InChI is InChI=1S/C19H23N3O2/c1-11(10-23)21-19(24)13-6-15-14-4-3-5-16-18(14)12(8-20-16)7-17(15)22(2)9-13/h3-6,8,11,13,17,20,23H,7,9-10H2,1-2H3,(H,21,24)/t11-,13+,17+/m1/s1. The van der Waals surface area contributed by atoms with Crippen molar-refractivity contribution in [2.75, 3.05) is 20.2 Å². The first-order chi connectivity index (χ1) is 11.6. The van der Waals surface area contributed by atoms with E-state index in [9.17, 15) is 4.79 Å². The monoisotopic (exact) mass is 325 g/mol. The molecular formula is C19H23N3O2. The molecule has 126 valence electrons. The third kappa shape index (κ3) is 2.36. The van der Waals surface area contributed by atoms with Crippen molar-refractivity contribution >= 4 is 22.4 Å². The fourth-order valence-electron chi connectivity index (χ4n) is 4.01. The van der Waals surface area contributed by atoms with Crippen molar-refractivity contribution in [2.24, 2.45) is 5.92 Å². The maximum atomic E-state index is 12.5. The number of nitrogens with zero attached hydrogens (tertiary/aromatic N) is 1. The van der Waals surface area contributed by atoms with E-state index < -0.39 is 0 Å². The lowest BCUT2D eigenvalue weighted by Crippen LogP contribution is -2.48. The van der Waals surface area contributed by atoms with Crippen LogP contribution >= 0.6 is 0 Å². The molecule has 1 aliphatic carbocycles. The molecule has 0 unspecified atom stereocenters. The van der Waals surface area contributed by atoms with Crippen LogP contribution in [-0.2, 0) is 11.2 Å². The number of likely N-dealkylation sites (N-methyl/N-ethyl adjacent to an activating group) is 1. The van der Waals surface area contributed by atoms with Crippen LogP contribution in [0.15, 0.2) is 30.5 Å². The van der Waals surface area contributed by atoms with E-state index in [1.54, 1.807) is 0 Å². The van der Waals surface area contributed by atoms with E-state index in [-0.39, 0.29) is 24.5 Å². The highest BCUT2D eigenvalue weighted by atomic mass is 16.3. The van der Waals surface area contributed by atoms with Gasteiger partial charge in [0.2, 0.25) is 5.91 Å². The molecule has 1 amide bonds. The highest BCUT2D eigenvalue weighted by molar-refractivity contribution is 5.99. The summed E-state index contributed by atoms with van der Waals surface area (Å²) in [5.41, 5.74) is 4.99. The van der Waals surface area contributed by atoms with E-state index in [1.807, 2.05) is 6.92 Å². The number of H-pyrrole nitrogens is 1. The number of hydrogen-bond donors (Lipinski definition) is 3. The Hall–Kier alpha value is -2.11. The second-order valence-electron chi connectivity index (χ2n) is 7.02. The number of benzene rings is 1. The molecule has 2 heterocycles. The van der Waals surface area contributed by atoms with Gasteiger partial charge in [0.25, 0.3) is 0 Å². The van der Waals surface area contributed by atoms with Gasteiger partial charge in [-0.3, -0.25) is 9.69 Å². The van der Waals surface area contributed by atoms with Crippen molar-refractivity contribution in [1.82, 2.24) is 15.2 Å². The highest BCUT2D eigenvalue weighted by Crippen LogP contribution is 2.40. The Kier molecular flexibility index (Phi) is 3.70. The molecule has 4 rings (SSSR count). The molecular weight excluding hydrogens is 302 g/mol. The van der Waals surface area contributed by atoms with Gasteiger partial charge >= 0.3 is 0 Å². The SMILES string of the molecule is C[C@H](CO)NC(=O)[C@H]1C=C2c3cccc4[nH]cc(c34)C[C@@H]2N(C)C1. The molecule has 3 atom stereocenters. The molecule has 3 N–H and O–H groups in total. The van der Waals surface area contributed by atoms with E-state index >= 15 is 0 Å². The van der Waals surface area contributed by atoms with Gasteiger partial charge in [-0.2, -0.15) is 0 Å². The van der Waals surface area contributed by atoms with Gasteiger partial charge in [0, 0.05) is 35.7 Å². The zero-order chi connectivity index (χ0) is 16.8. The van der Waals surface area contributed by atoms with Crippen molar-refractivity contribution < 1.29 is 9.90 Å². The molecule has 5 heteroatoms. The van der Waals surface area contributed by atoms with E-state index in [2.05, 4.69) is 52.7 Å². The summed E-state index contributed by atoms with van der Waals surface area (Å²) >= 11 is 0. The van der Waals surface area contributed by atoms with Crippen LogP contribution in [-0.4, -0.2) is 53.2 Å². The number of carbonyl (C=O) groups excluding carboxylic acids is 1. The lowest BCUT2D eigenvalue weighted by atomic mass is 9.80. The first-order valence-electron chi connectivity index (χ1n) is 8.51. The topological polar surface area (TPSA) is 68.4 Å². The lowest BCUT2D eigenvalue weighted by molar-refractivity contribution is -0.125. The summed E-state index contributed by atoms with van der Waals surface area (Å²) in [6.45, 7) is 2.47. The molecule has 0 spiro atoms. The Labute approximate surface area is 141 Å². The molecule has 0 bridgehead atoms. The van der Waals surface area contributed by atoms with Crippen molar-refractivity contribution in [2.45, 2.75) is 25.4 Å². The number of aromatic nitrogens is 1.